The van der Waals surface area contributed by atoms with Crippen LogP contribution in [0.25, 0.3) is 0 Å². The molecule has 1 N–H and O–H groups in total. The molecule has 3 nitrogen and oxygen atoms in total. The molecule has 1 saturated heterocycles. The number of likely N-dealkylation sites (tertiary alicyclic amines) is 1. The van der Waals surface area contributed by atoms with Crippen molar-refractivity contribution in [2.45, 2.75) is 24.9 Å². The first-order chi connectivity index (χ1) is 7.57. The predicted molar refractivity (Wildman–Crippen MR) is 67.3 cm³/mol. The van der Waals surface area contributed by atoms with E-state index in [1.54, 1.807) is 6.20 Å². The van der Waals surface area contributed by atoms with Gasteiger partial charge in [-0.2, -0.15) is 0 Å². The highest BCUT2D eigenvalue weighted by Gasteiger charge is 2.31. The summed E-state index contributed by atoms with van der Waals surface area (Å²) in [5.41, 5.74) is 0.502. The summed E-state index contributed by atoms with van der Waals surface area (Å²) in [5, 5.41) is 10.5. The summed E-state index contributed by atoms with van der Waals surface area (Å²) in [4.78, 5) is 6.32. The van der Waals surface area contributed by atoms with E-state index < -0.39 is 5.60 Å². The molecule has 1 aromatic rings. The number of β-amino-alcohol motifs (C(OH)–C–C–N with tert-alkyl or cyclic N) is 1. The van der Waals surface area contributed by atoms with Gasteiger partial charge in [0.2, 0.25) is 0 Å². The van der Waals surface area contributed by atoms with Gasteiger partial charge in [0.25, 0.3) is 0 Å². The minimum absolute atomic E-state index is 0.588. The summed E-state index contributed by atoms with van der Waals surface area (Å²) in [6, 6.07) is 2.03. The lowest BCUT2D eigenvalue weighted by molar-refractivity contribution is -0.0224. The van der Waals surface area contributed by atoms with Gasteiger partial charge in [-0.1, -0.05) is 0 Å². The summed E-state index contributed by atoms with van der Waals surface area (Å²) in [7, 11) is 2.06. The predicted octanol–water partition coefficient (Wildman–Crippen LogP) is 1.84. The second-order valence-corrected chi connectivity index (χ2v) is 5.67. The fourth-order valence-corrected chi connectivity index (χ4v) is 2.83. The zero-order chi connectivity index (χ0) is 11.6. The lowest BCUT2D eigenvalue weighted by Gasteiger charge is -2.37. The molecule has 0 amide bonds. The van der Waals surface area contributed by atoms with E-state index in [2.05, 4.69) is 32.9 Å². The van der Waals surface area contributed by atoms with E-state index >= 15 is 0 Å². The number of nitrogens with zero attached hydrogens (tertiary/aromatic N) is 2. The van der Waals surface area contributed by atoms with E-state index in [4.69, 9.17) is 0 Å². The topological polar surface area (TPSA) is 36.4 Å². The van der Waals surface area contributed by atoms with Gasteiger partial charge in [0.05, 0.1) is 5.60 Å². The first-order valence-corrected chi connectivity index (χ1v) is 6.37. The third kappa shape index (κ3) is 3.03. The largest absolute Gasteiger partial charge is 0.388 e. The zero-order valence-corrected chi connectivity index (χ0v) is 11.1. The molecule has 0 bridgehead atoms. The van der Waals surface area contributed by atoms with Crippen molar-refractivity contribution >= 4 is 15.9 Å². The zero-order valence-electron chi connectivity index (χ0n) is 9.49. The first kappa shape index (κ1) is 12.0. The number of hydrogen-bond acceptors (Lipinski definition) is 3. The average Bonchev–Trinajstić information content (AvgIpc) is 2.16. The monoisotopic (exact) mass is 284 g/mol. The van der Waals surface area contributed by atoms with Gasteiger partial charge in [-0.25, -0.2) is 0 Å². The van der Waals surface area contributed by atoms with Crippen LogP contribution in [0, 0.1) is 0 Å². The van der Waals surface area contributed by atoms with Crippen LogP contribution in [0.3, 0.4) is 0 Å². The van der Waals surface area contributed by atoms with E-state index in [0.29, 0.717) is 6.42 Å². The third-order valence-electron chi connectivity index (χ3n) is 3.04. The van der Waals surface area contributed by atoms with Crippen molar-refractivity contribution in [3.63, 3.8) is 0 Å². The van der Waals surface area contributed by atoms with Crippen LogP contribution in [-0.4, -0.2) is 40.7 Å². The Morgan fingerprint density at radius 1 is 1.56 bits per heavy atom. The number of aromatic nitrogens is 1. The summed E-state index contributed by atoms with van der Waals surface area (Å²) < 4.78 is 0.970. The molecule has 0 aromatic carbocycles. The SMILES string of the molecule is CN1CCCC(O)(Cc2cncc(Br)c2)C1. The standard InChI is InChI=1S/C12H17BrN2O/c1-15-4-2-3-12(16,9-15)6-10-5-11(13)8-14-7-10/h5,7-8,16H,2-4,6,9H2,1H3. The van der Waals surface area contributed by atoms with Crippen molar-refractivity contribution in [2.24, 2.45) is 0 Å². The molecule has 0 aliphatic carbocycles. The van der Waals surface area contributed by atoms with Crippen molar-refractivity contribution in [1.29, 1.82) is 0 Å². The highest BCUT2D eigenvalue weighted by molar-refractivity contribution is 9.10. The highest BCUT2D eigenvalue weighted by atomic mass is 79.9. The molecule has 16 heavy (non-hydrogen) atoms. The molecule has 1 aliphatic rings. The fraction of sp³-hybridized carbons (Fsp3) is 0.583. The van der Waals surface area contributed by atoms with Crippen LogP contribution < -0.4 is 0 Å². The van der Waals surface area contributed by atoms with Crippen LogP contribution in [0.15, 0.2) is 22.9 Å². The van der Waals surface area contributed by atoms with Crippen LogP contribution in [-0.2, 0) is 6.42 Å². The van der Waals surface area contributed by atoms with Gasteiger partial charge >= 0.3 is 0 Å². The second kappa shape index (κ2) is 4.82. The minimum Gasteiger partial charge on any atom is -0.388 e. The molecular formula is C12H17BrN2O. The van der Waals surface area contributed by atoms with Crippen molar-refractivity contribution in [3.8, 4) is 0 Å². The maximum Gasteiger partial charge on any atom is 0.0815 e. The molecule has 2 heterocycles. The summed E-state index contributed by atoms with van der Waals surface area (Å²) >= 11 is 3.40. The fourth-order valence-electron chi connectivity index (χ4n) is 2.42. The molecule has 88 valence electrons. The molecule has 0 radical (unpaired) electrons. The number of rotatable bonds is 2. The van der Waals surface area contributed by atoms with Crippen molar-refractivity contribution < 1.29 is 5.11 Å². The van der Waals surface area contributed by atoms with Gasteiger partial charge in [0, 0.05) is 29.8 Å². The Balaban J connectivity index is 2.08. The molecule has 1 aromatic heterocycles. The van der Waals surface area contributed by atoms with Gasteiger partial charge < -0.3 is 10.0 Å². The second-order valence-electron chi connectivity index (χ2n) is 4.75. The summed E-state index contributed by atoms with van der Waals surface area (Å²) in [6.07, 6.45) is 6.22. The van der Waals surface area contributed by atoms with E-state index in [1.165, 1.54) is 0 Å². The number of piperidine rings is 1. The van der Waals surface area contributed by atoms with E-state index in [-0.39, 0.29) is 0 Å². The normalized spacial score (nSPS) is 26.9. The average molecular weight is 285 g/mol. The minimum atomic E-state index is -0.588. The number of halogens is 1. The molecule has 1 atom stereocenters. The Kier molecular flexibility index (Phi) is 3.62. The molecule has 0 spiro atoms. The summed E-state index contributed by atoms with van der Waals surface area (Å²) in [6.45, 7) is 1.83. The molecule has 1 aliphatic heterocycles. The molecule has 1 unspecified atom stereocenters. The Morgan fingerprint density at radius 2 is 2.38 bits per heavy atom. The smallest absolute Gasteiger partial charge is 0.0815 e. The van der Waals surface area contributed by atoms with E-state index in [0.717, 1.165) is 36.0 Å². The van der Waals surface area contributed by atoms with Gasteiger partial charge in [-0.3, -0.25) is 4.98 Å². The highest BCUT2D eigenvalue weighted by Crippen LogP contribution is 2.25. The van der Waals surface area contributed by atoms with Gasteiger partial charge in [0.1, 0.15) is 0 Å². The van der Waals surface area contributed by atoms with E-state index in [1.807, 2.05) is 12.3 Å². The lowest BCUT2D eigenvalue weighted by Crippen LogP contribution is -2.47. The van der Waals surface area contributed by atoms with E-state index in [9.17, 15) is 5.11 Å². The Hall–Kier alpha value is -0.450. The van der Waals surface area contributed by atoms with Crippen LogP contribution in [0.5, 0.6) is 0 Å². The maximum absolute atomic E-state index is 10.5. The quantitative estimate of drug-likeness (QED) is 0.901. The molecule has 0 saturated carbocycles. The molecular weight excluding hydrogens is 268 g/mol. The Labute approximate surface area is 105 Å². The number of aliphatic hydroxyl groups is 1. The van der Waals surface area contributed by atoms with Crippen LogP contribution >= 0.6 is 15.9 Å². The number of likely N-dealkylation sites (N-methyl/N-ethyl adjacent to an activating group) is 1. The number of pyridine rings is 1. The molecule has 2 rings (SSSR count). The molecule has 1 fully saturated rings. The van der Waals surface area contributed by atoms with Crippen LogP contribution in [0.1, 0.15) is 18.4 Å². The van der Waals surface area contributed by atoms with Gasteiger partial charge in [0.15, 0.2) is 0 Å². The van der Waals surface area contributed by atoms with Crippen molar-refractivity contribution in [1.82, 2.24) is 9.88 Å². The lowest BCUT2D eigenvalue weighted by atomic mass is 9.87. The number of hydrogen-bond donors (Lipinski definition) is 1. The Morgan fingerprint density at radius 3 is 3.06 bits per heavy atom. The van der Waals surface area contributed by atoms with Crippen LogP contribution in [0.2, 0.25) is 0 Å². The first-order valence-electron chi connectivity index (χ1n) is 5.58. The molecule has 4 heteroatoms. The third-order valence-corrected chi connectivity index (χ3v) is 3.47. The van der Waals surface area contributed by atoms with Crippen molar-refractivity contribution in [3.05, 3.63) is 28.5 Å². The van der Waals surface area contributed by atoms with Gasteiger partial charge in [-0.15, -0.1) is 0 Å². The van der Waals surface area contributed by atoms with Crippen molar-refractivity contribution in [2.75, 3.05) is 20.1 Å². The Bertz CT molecular complexity index is 372. The summed E-state index contributed by atoms with van der Waals surface area (Å²) in [5.74, 6) is 0. The van der Waals surface area contributed by atoms with Gasteiger partial charge in [-0.05, 0) is 54.0 Å². The maximum atomic E-state index is 10.5. The van der Waals surface area contributed by atoms with Crippen LogP contribution in [0.4, 0.5) is 0 Å².